The minimum absolute atomic E-state index is 0.193. The summed E-state index contributed by atoms with van der Waals surface area (Å²) in [6.45, 7) is 0. The van der Waals surface area contributed by atoms with Crippen LogP contribution in [-0.4, -0.2) is 17.0 Å². The van der Waals surface area contributed by atoms with E-state index in [1.807, 2.05) is 31.0 Å². The molecule has 0 bridgehead atoms. The topological polar surface area (TPSA) is 37.8 Å². The monoisotopic (exact) mass is 375 g/mol. The molecule has 0 aliphatic heterocycles. The Labute approximate surface area is 121 Å². The first kappa shape index (κ1) is 13.1. The van der Waals surface area contributed by atoms with Crippen molar-refractivity contribution in [1.29, 1.82) is 0 Å². The predicted molar refractivity (Wildman–Crippen MR) is 77.3 cm³/mol. The minimum Gasteiger partial charge on any atom is -0.311 e. The molecule has 90 valence electrons. The average Bonchev–Trinajstić information content (AvgIpc) is 2.79. The highest BCUT2D eigenvalue weighted by atomic mass is 79.9. The summed E-state index contributed by atoms with van der Waals surface area (Å²) in [4.78, 5) is 9.80. The predicted octanol–water partition coefficient (Wildman–Crippen LogP) is 3.57. The molecule has 2 aromatic rings. The molecule has 0 saturated heterocycles. The van der Waals surface area contributed by atoms with Crippen molar-refractivity contribution in [2.24, 2.45) is 0 Å². The van der Waals surface area contributed by atoms with E-state index in [1.165, 1.54) is 4.88 Å². The summed E-state index contributed by atoms with van der Waals surface area (Å²) < 4.78 is 1.98. The molecular weight excluding hydrogens is 366 g/mol. The van der Waals surface area contributed by atoms with Crippen LogP contribution in [-0.2, 0) is 6.42 Å². The first-order valence-corrected chi connectivity index (χ1v) is 7.53. The lowest BCUT2D eigenvalue weighted by Crippen LogP contribution is -2.20. The maximum absolute atomic E-state index is 4.46. The standard InChI is InChI=1S/C11H11Br2N3S/c1-14-10(3-8-5-15-6-17-8)11-9(13)2-7(12)4-16-11/h2,4-6,10,14H,3H2,1H3. The van der Waals surface area contributed by atoms with Crippen LogP contribution in [0.4, 0.5) is 0 Å². The summed E-state index contributed by atoms with van der Waals surface area (Å²) >= 11 is 8.62. The Morgan fingerprint density at radius 1 is 1.41 bits per heavy atom. The second-order valence-electron chi connectivity index (χ2n) is 3.53. The van der Waals surface area contributed by atoms with Gasteiger partial charge in [-0.05, 0) is 45.0 Å². The van der Waals surface area contributed by atoms with E-state index in [-0.39, 0.29) is 6.04 Å². The van der Waals surface area contributed by atoms with Crippen molar-refractivity contribution in [1.82, 2.24) is 15.3 Å². The summed E-state index contributed by atoms with van der Waals surface area (Å²) in [5.41, 5.74) is 2.87. The van der Waals surface area contributed by atoms with E-state index < -0.39 is 0 Å². The number of pyridine rings is 1. The number of thiazole rings is 1. The lowest BCUT2D eigenvalue weighted by Gasteiger charge is -2.16. The fourth-order valence-corrected chi connectivity index (χ4v) is 3.47. The van der Waals surface area contributed by atoms with Crippen molar-refractivity contribution < 1.29 is 0 Å². The number of aromatic nitrogens is 2. The Kier molecular flexibility index (Phi) is 4.67. The van der Waals surface area contributed by atoms with Crippen molar-refractivity contribution in [3.8, 4) is 0 Å². The number of halogens is 2. The number of nitrogens with one attached hydrogen (secondary N) is 1. The van der Waals surface area contributed by atoms with Gasteiger partial charge in [0.1, 0.15) is 0 Å². The lowest BCUT2D eigenvalue weighted by molar-refractivity contribution is 0.576. The molecule has 0 aliphatic rings. The van der Waals surface area contributed by atoms with Crippen LogP contribution in [0.15, 0.2) is 32.9 Å². The third-order valence-corrected chi connectivity index (χ3v) is 4.27. The molecule has 2 aromatic heterocycles. The molecule has 0 spiro atoms. The summed E-state index contributed by atoms with van der Waals surface area (Å²) in [5.74, 6) is 0. The maximum Gasteiger partial charge on any atom is 0.0794 e. The SMILES string of the molecule is CNC(Cc1cncs1)c1ncc(Br)cc1Br. The normalized spacial score (nSPS) is 12.6. The van der Waals surface area contributed by atoms with Gasteiger partial charge >= 0.3 is 0 Å². The first-order valence-electron chi connectivity index (χ1n) is 5.06. The van der Waals surface area contributed by atoms with Crippen molar-refractivity contribution in [3.05, 3.63) is 43.5 Å². The fourth-order valence-electron chi connectivity index (χ4n) is 1.56. The number of hydrogen-bond donors (Lipinski definition) is 1. The summed E-state index contributed by atoms with van der Waals surface area (Å²) in [7, 11) is 1.95. The third-order valence-electron chi connectivity index (χ3n) is 2.40. The smallest absolute Gasteiger partial charge is 0.0794 e. The van der Waals surface area contributed by atoms with Crippen molar-refractivity contribution >= 4 is 43.2 Å². The van der Waals surface area contributed by atoms with Gasteiger partial charge in [-0.2, -0.15) is 0 Å². The average molecular weight is 377 g/mol. The molecule has 17 heavy (non-hydrogen) atoms. The van der Waals surface area contributed by atoms with Gasteiger partial charge in [0.25, 0.3) is 0 Å². The van der Waals surface area contributed by atoms with Crippen LogP contribution >= 0.6 is 43.2 Å². The molecule has 2 heterocycles. The van der Waals surface area contributed by atoms with Crippen molar-refractivity contribution in [3.63, 3.8) is 0 Å². The van der Waals surface area contributed by atoms with E-state index in [9.17, 15) is 0 Å². The number of rotatable bonds is 4. The Morgan fingerprint density at radius 2 is 2.24 bits per heavy atom. The first-order chi connectivity index (χ1) is 8.20. The number of nitrogens with zero attached hydrogens (tertiary/aromatic N) is 2. The molecule has 0 aliphatic carbocycles. The Balaban J connectivity index is 2.23. The molecule has 2 rings (SSSR count). The Hall–Kier alpha value is -0.300. The fraction of sp³-hybridized carbons (Fsp3) is 0.273. The van der Waals surface area contributed by atoms with Crippen LogP contribution in [0.3, 0.4) is 0 Å². The van der Waals surface area contributed by atoms with Gasteiger partial charge < -0.3 is 5.32 Å². The van der Waals surface area contributed by atoms with Crippen molar-refractivity contribution in [2.75, 3.05) is 7.05 Å². The molecule has 6 heteroatoms. The highest BCUT2D eigenvalue weighted by Gasteiger charge is 2.15. The van der Waals surface area contributed by atoms with Gasteiger partial charge in [-0.1, -0.05) is 0 Å². The highest BCUT2D eigenvalue weighted by Crippen LogP contribution is 2.27. The van der Waals surface area contributed by atoms with E-state index in [0.717, 1.165) is 21.1 Å². The number of hydrogen-bond acceptors (Lipinski definition) is 4. The second kappa shape index (κ2) is 6.04. The molecular formula is C11H11Br2N3S. The van der Waals surface area contributed by atoms with Crippen molar-refractivity contribution in [2.45, 2.75) is 12.5 Å². The van der Waals surface area contributed by atoms with E-state index in [4.69, 9.17) is 0 Å². The Bertz CT molecular complexity index is 487. The molecule has 1 atom stereocenters. The van der Waals surface area contributed by atoms with E-state index in [2.05, 4.69) is 47.1 Å². The van der Waals surface area contributed by atoms with Crippen LogP contribution in [0.25, 0.3) is 0 Å². The van der Waals surface area contributed by atoms with Crippen LogP contribution in [0, 0.1) is 0 Å². The van der Waals surface area contributed by atoms with Gasteiger partial charge in [0.2, 0.25) is 0 Å². The molecule has 0 amide bonds. The van der Waals surface area contributed by atoms with Crippen LogP contribution in [0.5, 0.6) is 0 Å². The molecule has 1 N–H and O–H groups in total. The minimum atomic E-state index is 0.193. The van der Waals surface area contributed by atoms with Gasteiger partial charge in [0, 0.05) is 32.6 Å². The van der Waals surface area contributed by atoms with Gasteiger partial charge in [-0.15, -0.1) is 11.3 Å². The van der Waals surface area contributed by atoms with Crippen LogP contribution < -0.4 is 5.32 Å². The van der Waals surface area contributed by atoms with Gasteiger partial charge in [-0.3, -0.25) is 9.97 Å². The zero-order valence-electron chi connectivity index (χ0n) is 9.15. The molecule has 1 unspecified atom stereocenters. The van der Waals surface area contributed by atoms with Crippen LogP contribution in [0.2, 0.25) is 0 Å². The number of likely N-dealkylation sites (N-methyl/N-ethyl adjacent to an activating group) is 1. The second-order valence-corrected chi connectivity index (χ2v) is 6.27. The van der Waals surface area contributed by atoms with Crippen LogP contribution in [0.1, 0.15) is 16.6 Å². The third kappa shape index (κ3) is 3.34. The van der Waals surface area contributed by atoms with Gasteiger partial charge in [0.05, 0.1) is 17.2 Å². The summed E-state index contributed by atoms with van der Waals surface area (Å²) in [6.07, 6.45) is 4.62. The summed E-state index contributed by atoms with van der Waals surface area (Å²) in [6, 6.07) is 2.21. The molecule has 0 fully saturated rings. The zero-order valence-corrected chi connectivity index (χ0v) is 13.1. The molecule has 0 aromatic carbocycles. The van der Waals surface area contributed by atoms with E-state index in [0.29, 0.717) is 0 Å². The largest absolute Gasteiger partial charge is 0.311 e. The van der Waals surface area contributed by atoms with E-state index >= 15 is 0 Å². The maximum atomic E-state index is 4.46. The molecule has 0 radical (unpaired) electrons. The summed E-state index contributed by atoms with van der Waals surface area (Å²) in [5, 5.41) is 3.29. The lowest BCUT2D eigenvalue weighted by atomic mass is 10.1. The quantitative estimate of drug-likeness (QED) is 0.886. The van der Waals surface area contributed by atoms with Gasteiger partial charge in [-0.25, -0.2) is 0 Å². The van der Waals surface area contributed by atoms with E-state index in [1.54, 1.807) is 11.3 Å². The zero-order chi connectivity index (χ0) is 12.3. The Morgan fingerprint density at radius 3 is 2.82 bits per heavy atom. The molecule has 3 nitrogen and oxygen atoms in total. The van der Waals surface area contributed by atoms with Gasteiger partial charge in [0.15, 0.2) is 0 Å². The molecule has 0 saturated carbocycles. The highest BCUT2D eigenvalue weighted by molar-refractivity contribution is 9.11.